The van der Waals surface area contributed by atoms with Crippen LogP contribution in [0, 0.1) is 5.92 Å². The first kappa shape index (κ1) is 14.9. The molecule has 2 aliphatic rings. The van der Waals surface area contributed by atoms with Crippen LogP contribution in [0.1, 0.15) is 55.8 Å². The number of aliphatic hydroxyl groups excluding tert-OH is 1. The molecule has 0 bridgehead atoms. The van der Waals surface area contributed by atoms with Gasteiger partial charge in [-0.05, 0) is 54.9 Å². The zero-order valence-corrected chi connectivity index (χ0v) is 12.9. The van der Waals surface area contributed by atoms with Crippen molar-refractivity contribution >= 4 is 0 Å². The number of aliphatic hydroxyl groups is 1. The molecule has 1 aromatic carbocycles. The summed E-state index contributed by atoms with van der Waals surface area (Å²) in [4.78, 5) is 0. The lowest BCUT2D eigenvalue weighted by Gasteiger charge is -2.32. The third-order valence-corrected chi connectivity index (χ3v) is 4.99. The minimum absolute atomic E-state index is 0.0483. The number of hydrogen-bond donors (Lipinski definition) is 1. The highest BCUT2D eigenvalue weighted by Gasteiger charge is 2.29. The van der Waals surface area contributed by atoms with E-state index in [1.807, 2.05) is 18.2 Å². The van der Waals surface area contributed by atoms with E-state index in [1.54, 1.807) is 7.11 Å². The zero-order valence-electron chi connectivity index (χ0n) is 12.9. The highest BCUT2D eigenvalue weighted by molar-refractivity contribution is 5.39. The Morgan fingerprint density at radius 2 is 1.95 bits per heavy atom. The van der Waals surface area contributed by atoms with E-state index in [4.69, 9.17) is 9.47 Å². The predicted molar refractivity (Wildman–Crippen MR) is 82.6 cm³/mol. The zero-order chi connectivity index (χ0) is 14.7. The Morgan fingerprint density at radius 1 is 1.14 bits per heavy atom. The van der Waals surface area contributed by atoms with Crippen molar-refractivity contribution in [1.29, 1.82) is 0 Å². The summed E-state index contributed by atoms with van der Waals surface area (Å²) in [6.07, 6.45) is 7.93. The number of methoxy groups -OCH3 is 1. The van der Waals surface area contributed by atoms with Crippen LogP contribution in [0.3, 0.4) is 0 Å². The van der Waals surface area contributed by atoms with E-state index in [1.165, 1.54) is 37.7 Å². The quantitative estimate of drug-likeness (QED) is 0.920. The first-order valence-electron chi connectivity index (χ1n) is 8.24. The fourth-order valence-corrected chi connectivity index (χ4v) is 3.66. The molecule has 3 nitrogen and oxygen atoms in total. The van der Waals surface area contributed by atoms with Gasteiger partial charge in [-0.15, -0.1) is 0 Å². The van der Waals surface area contributed by atoms with Gasteiger partial charge in [0.2, 0.25) is 0 Å². The van der Waals surface area contributed by atoms with Crippen molar-refractivity contribution in [2.75, 3.05) is 13.7 Å². The number of ether oxygens (including phenoxy) is 2. The fraction of sp³-hybridized carbons (Fsp3) is 0.667. The lowest BCUT2D eigenvalue weighted by atomic mass is 9.86. The number of aryl methyl sites for hydroxylation is 1. The molecule has 0 spiro atoms. The van der Waals surface area contributed by atoms with Gasteiger partial charge in [-0.25, -0.2) is 0 Å². The van der Waals surface area contributed by atoms with Crippen LogP contribution in [0.5, 0.6) is 5.75 Å². The van der Waals surface area contributed by atoms with Crippen molar-refractivity contribution in [2.45, 2.75) is 57.2 Å². The van der Waals surface area contributed by atoms with E-state index in [0.717, 1.165) is 30.8 Å². The third kappa shape index (κ3) is 3.41. The monoisotopic (exact) mass is 290 g/mol. The Balaban J connectivity index is 1.60. The normalized spacial score (nSPS) is 26.4. The Hall–Kier alpha value is -1.06. The van der Waals surface area contributed by atoms with E-state index in [9.17, 15) is 5.11 Å². The van der Waals surface area contributed by atoms with Crippen molar-refractivity contribution in [2.24, 2.45) is 5.92 Å². The average molecular weight is 290 g/mol. The molecule has 1 aromatic rings. The molecule has 0 aliphatic heterocycles. The van der Waals surface area contributed by atoms with Crippen LogP contribution in [0.4, 0.5) is 0 Å². The van der Waals surface area contributed by atoms with Gasteiger partial charge in [0, 0.05) is 6.61 Å². The summed E-state index contributed by atoms with van der Waals surface area (Å²) in [5.74, 6) is 1.56. The van der Waals surface area contributed by atoms with Gasteiger partial charge in [-0.2, -0.15) is 0 Å². The van der Waals surface area contributed by atoms with Crippen LogP contribution < -0.4 is 4.74 Å². The van der Waals surface area contributed by atoms with Crippen molar-refractivity contribution < 1.29 is 14.6 Å². The van der Waals surface area contributed by atoms with Crippen molar-refractivity contribution in [3.05, 3.63) is 29.3 Å². The fourth-order valence-electron chi connectivity index (χ4n) is 3.66. The minimum Gasteiger partial charge on any atom is -0.497 e. The molecule has 2 aliphatic carbocycles. The summed E-state index contributed by atoms with van der Waals surface area (Å²) in [5.41, 5.74) is 2.20. The Labute approximate surface area is 127 Å². The standard InChI is InChI=1S/C18H26O3/c1-20-15-8-9-16-14(11-15)7-10-17(18(16)19)21-12-13-5-3-2-4-6-13/h8-9,11,13,17-19H,2-7,10,12H2,1H3. The average Bonchev–Trinajstić information content (AvgIpc) is 2.55. The van der Waals surface area contributed by atoms with Gasteiger partial charge in [0.15, 0.2) is 0 Å². The molecule has 3 rings (SSSR count). The summed E-state index contributed by atoms with van der Waals surface area (Å²) in [6, 6.07) is 5.94. The van der Waals surface area contributed by atoms with E-state index in [0.29, 0.717) is 5.92 Å². The molecule has 1 saturated carbocycles. The highest BCUT2D eigenvalue weighted by Crippen LogP contribution is 2.34. The molecule has 3 heteroatoms. The number of rotatable bonds is 4. The molecule has 0 heterocycles. The topological polar surface area (TPSA) is 38.7 Å². The van der Waals surface area contributed by atoms with Gasteiger partial charge in [-0.3, -0.25) is 0 Å². The highest BCUT2D eigenvalue weighted by atomic mass is 16.5. The van der Waals surface area contributed by atoms with Crippen LogP contribution in [-0.4, -0.2) is 24.9 Å². The maximum atomic E-state index is 10.5. The van der Waals surface area contributed by atoms with Gasteiger partial charge in [0.1, 0.15) is 11.9 Å². The molecule has 2 atom stereocenters. The molecule has 116 valence electrons. The van der Waals surface area contributed by atoms with Gasteiger partial charge < -0.3 is 14.6 Å². The van der Waals surface area contributed by atoms with Gasteiger partial charge >= 0.3 is 0 Å². The lowest BCUT2D eigenvalue weighted by molar-refractivity contribution is -0.0630. The van der Waals surface area contributed by atoms with Crippen LogP contribution in [-0.2, 0) is 11.2 Å². The van der Waals surface area contributed by atoms with E-state index >= 15 is 0 Å². The molecule has 2 unspecified atom stereocenters. The van der Waals surface area contributed by atoms with Crippen molar-refractivity contribution in [3.8, 4) is 5.75 Å². The van der Waals surface area contributed by atoms with Crippen molar-refractivity contribution in [1.82, 2.24) is 0 Å². The number of hydrogen-bond acceptors (Lipinski definition) is 3. The summed E-state index contributed by atoms with van der Waals surface area (Å²) in [7, 11) is 1.68. The molecule has 0 aromatic heterocycles. The molecule has 1 fully saturated rings. The molecule has 1 N–H and O–H groups in total. The molecule has 0 saturated heterocycles. The first-order chi connectivity index (χ1) is 10.3. The van der Waals surface area contributed by atoms with Crippen LogP contribution >= 0.6 is 0 Å². The van der Waals surface area contributed by atoms with Crippen LogP contribution in [0.2, 0.25) is 0 Å². The van der Waals surface area contributed by atoms with Gasteiger partial charge in [0.25, 0.3) is 0 Å². The van der Waals surface area contributed by atoms with Gasteiger partial charge in [-0.1, -0.05) is 25.3 Å². The second-order valence-electron chi connectivity index (χ2n) is 6.42. The van der Waals surface area contributed by atoms with E-state index in [-0.39, 0.29) is 6.10 Å². The summed E-state index contributed by atoms with van der Waals surface area (Å²) < 4.78 is 11.3. The van der Waals surface area contributed by atoms with E-state index < -0.39 is 6.10 Å². The SMILES string of the molecule is COc1ccc2c(c1)CCC(OCC1CCCCC1)C2O. The summed E-state index contributed by atoms with van der Waals surface area (Å²) >= 11 is 0. The smallest absolute Gasteiger partial charge is 0.119 e. The van der Waals surface area contributed by atoms with Crippen LogP contribution in [0.25, 0.3) is 0 Å². The summed E-state index contributed by atoms with van der Waals surface area (Å²) in [5, 5.41) is 10.5. The van der Waals surface area contributed by atoms with Crippen LogP contribution in [0.15, 0.2) is 18.2 Å². The number of fused-ring (bicyclic) bond motifs is 1. The molecule has 0 radical (unpaired) electrons. The molecular formula is C18H26O3. The Morgan fingerprint density at radius 3 is 2.71 bits per heavy atom. The maximum Gasteiger partial charge on any atom is 0.119 e. The third-order valence-electron chi connectivity index (χ3n) is 4.99. The van der Waals surface area contributed by atoms with E-state index in [2.05, 4.69) is 0 Å². The first-order valence-corrected chi connectivity index (χ1v) is 8.24. The summed E-state index contributed by atoms with van der Waals surface area (Å²) in [6.45, 7) is 0.813. The number of benzene rings is 1. The van der Waals surface area contributed by atoms with Gasteiger partial charge in [0.05, 0.1) is 13.2 Å². The molecule has 0 amide bonds. The molecule has 21 heavy (non-hydrogen) atoms. The maximum absolute atomic E-state index is 10.5. The second-order valence-corrected chi connectivity index (χ2v) is 6.42. The Bertz CT molecular complexity index is 466. The largest absolute Gasteiger partial charge is 0.497 e. The minimum atomic E-state index is -0.497. The van der Waals surface area contributed by atoms with Crippen molar-refractivity contribution in [3.63, 3.8) is 0 Å². The lowest BCUT2D eigenvalue weighted by Crippen LogP contribution is -2.30. The second kappa shape index (κ2) is 6.80. The Kier molecular flexibility index (Phi) is 4.81. The molecular weight excluding hydrogens is 264 g/mol. The predicted octanol–water partition coefficient (Wildman–Crippen LogP) is 3.64.